The van der Waals surface area contributed by atoms with Crippen molar-refractivity contribution in [1.29, 1.82) is 0 Å². The van der Waals surface area contributed by atoms with Crippen LogP contribution in [0.3, 0.4) is 0 Å². The molecule has 1 rings (SSSR count). The molecule has 0 atom stereocenters. The van der Waals surface area contributed by atoms with Gasteiger partial charge < -0.3 is 4.74 Å². The number of hydrogen-bond acceptors (Lipinski definition) is 3. The summed E-state index contributed by atoms with van der Waals surface area (Å²) >= 11 is 3.36. The number of aryl methyl sites for hydroxylation is 1. The van der Waals surface area contributed by atoms with Crippen molar-refractivity contribution < 1.29 is 13.2 Å². The van der Waals surface area contributed by atoms with Crippen LogP contribution < -0.4 is 4.74 Å². The predicted octanol–water partition coefficient (Wildman–Crippen LogP) is 3.35. The lowest BCUT2D eigenvalue weighted by molar-refractivity contribution is 0.337. The van der Waals surface area contributed by atoms with E-state index in [4.69, 9.17) is 4.74 Å². The molecule has 0 fully saturated rings. The summed E-state index contributed by atoms with van der Waals surface area (Å²) in [6.07, 6.45) is 0. The van der Waals surface area contributed by atoms with E-state index in [1.54, 1.807) is 20.8 Å². The van der Waals surface area contributed by atoms with Crippen LogP contribution in [0.2, 0.25) is 0 Å². The highest BCUT2D eigenvalue weighted by Gasteiger charge is 2.28. The highest BCUT2D eigenvalue weighted by Crippen LogP contribution is 2.23. The topological polar surface area (TPSA) is 43.4 Å². The lowest BCUT2D eigenvalue weighted by Gasteiger charge is -2.19. The molecule has 18 heavy (non-hydrogen) atoms. The molecule has 0 aliphatic rings. The van der Waals surface area contributed by atoms with Gasteiger partial charge in [0.15, 0.2) is 9.84 Å². The number of hydrogen-bond donors (Lipinski definition) is 0. The number of sulfone groups is 1. The minimum absolute atomic E-state index is 0.0302. The summed E-state index contributed by atoms with van der Waals surface area (Å²) in [5, 5.41) is 0. The molecule has 0 radical (unpaired) electrons. The summed E-state index contributed by atoms with van der Waals surface area (Å²) in [5.74, 6) is 0.746. The van der Waals surface area contributed by atoms with Gasteiger partial charge in [0.25, 0.3) is 0 Å². The van der Waals surface area contributed by atoms with Crippen LogP contribution in [-0.2, 0) is 9.84 Å². The van der Waals surface area contributed by atoms with Gasteiger partial charge in [-0.3, -0.25) is 0 Å². The van der Waals surface area contributed by atoms with E-state index in [0.29, 0.717) is 5.75 Å². The van der Waals surface area contributed by atoms with Crippen molar-refractivity contribution in [2.24, 2.45) is 0 Å². The molecule has 0 heterocycles. The van der Waals surface area contributed by atoms with Gasteiger partial charge in [0.05, 0.1) is 10.5 Å². The van der Waals surface area contributed by atoms with Gasteiger partial charge in [-0.25, -0.2) is 8.42 Å². The fourth-order valence-electron chi connectivity index (χ4n) is 1.30. The van der Waals surface area contributed by atoms with Gasteiger partial charge in [-0.2, -0.15) is 0 Å². The third kappa shape index (κ3) is 3.99. The van der Waals surface area contributed by atoms with Crippen LogP contribution in [0.1, 0.15) is 26.3 Å². The van der Waals surface area contributed by atoms with E-state index >= 15 is 0 Å². The van der Waals surface area contributed by atoms with Gasteiger partial charge in [-0.15, -0.1) is 0 Å². The minimum Gasteiger partial charge on any atom is -0.492 e. The van der Waals surface area contributed by atoms with Crippen LogP contribution in [-0.4, -0.2) is 25.5 Å². The number of halogens is 1. The maximum Gasteiger partial charge on any atom is 0.158 e. The van der Waals surface area contributed by atoms with Crippen LogP contribution in [0.15, 0.2) is 22.7 Å². The quantitative estimate of drug-likeness (QED) is 0.847. The lowest BCUT2D eigenvalue weighted by atomic mass is 10.2. The molecular weight excluding hydrogens is 316 g/mol. The Balaban J connectivity index is 2.65. The number of benzene rings is 1. The molecule has 0 unspecified atom stereocenters. The van der Waals surface area contributed by atoms with Crippen molar-refractivity contribution in [2.75, 3.05) is 12.4 Å². The molecule has 5 heteroatoms. The Morgan fingerprint density at radius 2 is 1.89 bits per heavy atom. The average Bonchev–Trinajstić information content (AvgIpc) is 2.21. The maximum atomic E-state index is 11.9. The zero-order valence-corrected chi connectivity index (χ0v) is 13.6. The van der Waals surface area contributed by atoms with E-state index in [1.807, 2.05) is 25.1 Å². The van der Waals surface area contributed by atoms with Gasteiger partial charge in [0.2, 0.25) is 0 Å². The second kappa shape index (κ2) is 5.61. The van der Waals surface area contributed by atoms with Crippen molar-refractivity contribution in [1.82, 2.24) is 0 Å². The average molecular weight is 335 g/mol. The largest absolute Gasteiger partial charge is 0.492 e. The summed E-state index contributed by atoms with van der Waals surface area (Å²) in [5.41, 5.74) is 0.992. The molecule has 0 saturated carbocycles. The molecule has 1 aromatic carbocycles. The molecule has 0 saturated heterocycles. The Morgan fingerprint density at radius 3 is 2.44 bits per heavy atom. The maximum absolute atomic E-state index is 11.9. The lowest BCUT2D eigenvalue weighted by Crippen LogP contribution is -2.32. The zero-order chi connectivity index (χ0) is 14.0. The molecule has 0 spiro atoms. The highest BCUT2D eigenvalue weighted by atomic mass is 79.9. The van der Waals surface area contributed by atoms with E-state index in [1.165, 1.54) is 0 Å². The van der Waals surface area contributed by atoms with E-state index in [9.17, 15) is 8.42 Å². The fourth-order valence-corrected chi connectivity index (χ4v) is 2.55. The third-order valence-corrected chi connectivity index (χ3v) is 5.76. The smallest absolute Gasteiger partial charge is 0.158 e. The fraction of sp³-hybridized carbons (Fsp3) is 0.538. The summed E-state index contributed by atoms with van der Waals surface area (Å²) in [6, 6.07) is 5.70. The van der Waals surface area contributed by atoms with E-state index in [0.717, 1.165) is 10.0 Å². The first-order valence-corrected chi connectivity index (χ1v) is 8.19. The van der Waals surface area contributed by atoms with Gasteiger partial charge in [0.1, 0.15) is 12.4 Å². The first-order valence-electron chi connectivity index (χ1n) is 5.75. The van der Waals surface area contributed by atoms with E-state index < -0.39 is 14.6 Å². The normalized spacial score (nSPS) is 12.5. The molecule has 0 aliphatic carbocycles. The molecule has 0 N–H and O–H groups in total. The highest BCUT2D eigenvalue weighted by molar-refractivity contribution is 9.10. The number of rotatable bonds is 4. The Labute approximate surface area is 118 Å². The Morgan fingerprint density at radius 1 is 1.28 bits per heavy atom. The molecule has 0 aromatic heterocycles. The first-order chi connectivity index (χ1) is 8.13. The Hall–Kier alpha value is -0.550. The second-order valence-corrected chi connectivity index (χ2v) is 8.97. The third-order valence-electron chi connectivity index (χ3n) is 2.69. The first kappa shape index (κ1) is 15.5. The van der Waals surface area contributed by atoms with Gasteiger partial charge >= 0.3 is 0 Å². The van der Waals surface area contributed by atoms with E-state index in [-0.39, 0.29) is 12.4 Å². The van der Waals surface area contributed by atoms with Crippen molar-refractivity contribution in [3.05, 3.63) is 28.2 Å². The Bertz CT molecular complexity index is 516. The van der Waals surface area contributed by atoms with Crippen molar-refractivity contribution in [3.63, 3.8) is 0 Å². The molecule has 1 aromatic rings. The predicted molar refractivity (Wildman–Crippen MR) is 77.9 cm³/mol. The van der Waals surface area contributed by atoms with Crippen LogP contribution in [0.4, 0.5) is 0 Å². The molecule has 0 aliphatic heterocycles. The SMILES string of the molecule is Cc1ccc(Br)cc1OCCS(=O)(=O)C(C)(C)C. The van der Waals surface area contributed by atoms with Crippen molar-refractivity contribution in [2.45, 2.75) is 32.4 Å². The molecule has 0 bridgehead atoms. The second-order valence-electron chi connectivity index (χ2n) is 5.19. The monoisotopic (exact) mass is 334 g/mol. The molecule has 0 amide bonds. The molecular formula is C13H19BrO3S. The van der Waals surface area contributed by atoms with Crippen LogP contribution in [0.25, 0.3) is 0 Å². The molecule has 3 nitrogen and oxygen atoms in total. The van der Waals surface area contributed by atoms with Gasteiger partial charge in [0, 0.05) is 4.47 Å². The van der Waals surface area contributed by atoms with Crippen molar-refractivity contribution in [3.8, 4) is 5.75 Å². The minimum atomic E-state index is -3.13. The van der Waals surface area contributed by atoms with Gasteiger partial charge in [-0.1, -0.05) is 22.0 Å². The summed E-state index contributed by atoms with van der Waals surface area (Å²) in [4.78, 5) is 0. The Kier molecular flexibility index (Phi) is 4.84. The zero-order valence-electron chi connectivity index (χ0n) is 11.2. The van der Waals surface area contributed by atoms with E-state index in [2.05, 4.69) is 15.9 Å². The summed E-state index contributed by atoms with van der Waals surface area (Å²) in [7, 11) is -3.13. The number of ether oxygens (including phenoxy) is 1. The summed E-state index contributed by atoms with van der Waals surface area (Å²) < 4.78 is 29.5. The van der Waals surface area contributed by atoms with Crippen LogP contribution in [0, 0.1) is 6.92 Å². The standard InChI is InChI=1S/C13H19BrO3S/c1-10-5-6-11(14)9-12(10)17-7-8-18(15,16)13(2,3)4/h5-6,9H,7-8H2,1-4H3. The van der Waals surface area contributed by atoms with Crippen molar-refractivity contribution >= 4 is 25.8 Å². The van der Waals surface area contributed by atoms with Crippen LogP contribution in [0.5, 0.6) is 5.75 Å². The molecule has 102 valence electrons. The van der Waals surface area contributed by atoms with Gasteiger partial charge in [-0.05, 0) is 45.4 Å². The summed E-state index contributed by atoms with van der Waals surface area (Å²) in [6.45, 7) is 7.21. The van der Waals surface area contributed by atoms with Crippen LogP contribution >= 0.6 is 15.9 Å².